The average Bonchev–Trinajstić information content (AvgIpc) is 2.35. The molecule has 1 aliphatic heterocycles. The van der Waals surface area contributed by atoms with Crippen molar-refractivity contribution in [3.8, 4) is 0 Å². The Morgan fingerprint density at radius 2 is 1.31 bits per heavy atom. The average molecular weight is 221 g/mol. The molecule has 0 saturated carbocycles. The summed E-state index contributed by atoms with van der Waals surface area (Å²) >= 11 is 0. The molecule has 2 amide bonds. The summed E-state index contributed by atoms with van der Waals surface area (Å²) in [7, 11) is 0. The van der Waals surface area contributed by atoms with Crippen LogP contribution in [0.4, 0.5) is 0 Å². The van der Waals surface area contributed by atoms with E-state index in [-0.39, 0.29) is 18.5 Å². The summed E-state index contributed by atoms with van der Waals surface area (Å²) in [4.78, 5) is 27.7. The molecule has 16 heavy (non-hydrogen) atoms. The summed E-state index contributed by atoms with van der Waals surface area (Å²) in [6.45, 7) is 11.5. The van der Waals surface area contributed by atoms with E-state index in [1.54, 1.807) is 11.1 Å². The zero-order valence-corrected chi connectivity index (χ0v) is 9.13. The first-order valence-electron chi connectivity index (χ1n) is 4.81. The molecule has 1 aliphatic rings. The fraction of sp³-hybridized carbons (Fsp3) is 0.273. The molecule has 1 rings (SSSR count). The molecule has 0 N–H and O–H groups in total. The molecule has 1 heterocycles. The van der Waals surface area contributed by atoms with Gasteiger partial charge in [-0.1, -0.05) is 19.7 Å². The highest BCUT2D eigenvalue weighted by molar-refractivity contribution is 5.89. The lowest BCUT2D eigenvalue weighted by atomic mass is 10.4. The van der Waals surface area contributed by atoms with Crippen LogP contribution in [-0.4, -0.2) is 46.5 Å². The Kier molecular flexibility index (Phi) is 3.88. The molecular weight excluding hydrogens is 206 g/mol. The second-order valence-corrected chi connectivity index (χ2v) is 3.36. The fourth-order valence-electron chi connectivity index (χ4n) is 1.43. The molecule has 0 aromatic heterocycles. The highest BCUT2D eigenvalue weighted by Gasteiger charge is 2.25. The number of rotatable bonds is 3. The highest BCUT2D eigenvalue weighted by Crippen LogP contribution is 2.08. The van der Waals surface area contributed by atoms with Crippen molar-refractivity contribution in [1.29, 1.82) is 0 Å². The van der Waals surface area contributed by atoms with Crippen LogP contribution >= 0.6 is 0 Å². The molecule has 0 aromatic rings. The minimum Gasteiger partial charge on any atom is -0.343 e. The van der Waals surface area contributed by atoms with Gasteiger partial charge < -0.3 is 14.7 Å². The Morgan fingerprint density at radius 1 is 0.875 bits per heavy atom. The molecule has 0 spiro atoms. The van der Waals surface area contributed by atoms with E-state index in [1.807, 2.05) is 0 Å². The number of carbonyl (C=O) groups excluding carboxylic acids is 2. The maximum atomic E-state index is 11.5. The van der Waals surface area contributed by atoms with E-state index < -0.39 is 0 Å². The molecule has 0 unspecified atom stereocenters. The molecule has 0 atom stereocenters. The van der Waals surface area contributed by atoms with Gasteiger partial charge in [0.05, 0.1) is 20.0 Å². The molecule has 1 fully saturated rings. The molecule has 5 nitrogen and oxygen atoms in total. The lowest BCUT2D eigenvalue weighted by Gasteiger charge is -2.40. The van der Waals surface area contributed by atoms with Crippen LogP contribution < -0.4 is 0 Å². The van der Waals surface area contributed by atoms with E-state index in [4.69, 9.17) is 0 Å². The molecule has 1 saturated heterocycles. The predicted molar refractivity (Wildman–Crippen MR) is 60.7 cm³/mol. The van der Waals surface area contributed by atoms with Crippen LogP contribution in [-0.2, 0) is 9.59 Å². The molecular formula is C11H15N3O2. The van der Waals surface area contributed by atoms with Gasteiger partial charge >= 0.3 is 0 Å². The largest absolute Gasteiger partial charge is 0.343 e. The van der Waals surface area contributed by atoms with E-state index in [0.717, 1.165) is 0 Å². The lowest BCUT2D eigenvalue weighted by Crippen LogP contribution is -2.55. The summed E-state index contributed by atoms with van der Waals surface area (Å²) in [5.74, 6) is -0.429. The predicted octanol–water partition coefficient (Wildman–Crippen LogP) is 0.347. The van der Waals surface area contributed by atoms with Crippen LogP contribution in [0.5, 0.6) is 0 Å². The monoisotopic (exact) mass is 221 g/mol. The van der Waals surface area contributed by atoms with Crippen molar-refractivity contribution in [2.45, 2.75) is 0 Å². The minimum atomic E-state index is -0.214. The number of nitrogens with zero attached hydrogens (tertiary/aromatic N) is 3. The zero-order chi connectivity index (χ0) is 12.1. The van der Waals surface area contributed by atoms with Gasteiger partial charge in [0.2, 0.25) is 11.8 Å². The van der Waals surface area contributed by atoms with Gasteiger partial charge in [-0.05, 0) is 18.4 Å². The van der Waals surface area contributed by atoms with Crippen LogP contribution in [0.1, 0.15) is 0 Å². The standard InChI is InChI=1S/C11H15N3O2/c1-4-10(15)13-7-12(6-3)8-14(9-13)11(16)5-2/h4-6H,1-3,7-9H2. The van der Waals surface area contributed by atoms with Crippen molar-refractivity contribution < 1.29 is 9.59 Å². The number of hydrogen-bond acceptors (Lipinski definition) is 3. The Balaban J connectivity index is 2.79. The van der Waals surface area contributed by atoms with Crippen LogP contribution in [0.25, 0.3) is 0 Å². The van der Waals surface area contributed by atoms with Gasteiger partial charge in [-0.2, -0.15) is 0 Å². The topological polar surface area (TPSA) is 43.9 Å². The van der Waals surface area contributed by atoms with E-state index in [2.05, 4.69) is 19.7 Å². The molecule has 0 aliphatic carbocycles. The van der Waals surface area contributed by atoms with Crippen molar-refractivity contribution in [3.05, 3.63) is 38.1 Å². The Labute approximate surface area is 94.9 Å². The SMILES string of the molecule is C=CC(=O)N1CN(C=C)CN(C(=O)C=C)C1. The van der Waals surface area contributed by atoms with Gasteiger partial charge in [-0.15, -0.1) is 0 Å². The summed E-state index contributed by atoms with van der Waals surface area (Å²) in [5, 5.41) is 0. The van der Waals surface area contributed by atoms with Crippen molar-refractivity contribution in [2.75, 3.05) is 20.0 Å². The minimum absolute atomic E-state index is 0.214. The maximum absolute atomic E-state index is 11.5. The van der Waals surface area contributed by atoms with E-state index in [9.17, 15) is 9.59 Å². The van der Waals surface area contributed by atoms with E-state index in [0.29, 0.717) is 13.3 Å². The maximum Gasteiger partial charge on any atom is 0.248 e. The van der Waals surface area contributed by atoms with Crippen molar-refractivity contribution >= 4 is 11.8 Å². The van der Waals surface area contributed by atoms with Crippen molar-refractivity contribution in [3.63, 3.8) is 0 Å². The van der Waals surface area contributed by atoms with E-state index >= 15 is 0 Å². The van der Waals surface area contributed by atoms with Gasteiger partial charge in [-0.25, -0.2) is 0 Å². The van der Waals surface area contributed by atoms with Gasteiger partial charge in [0.1, 0.15) is 0 Å². The first-order valence-corrected chi connectivity index (χ1v) is 4.81. The van der Waals surface area contributed by atoms with Crippen LogP contribution in [0.15, 0.2) is 38.1 Å². The normalized spacial score (nSPS) is 15.6. The first kappa shape index (κ1) is 12.0. The number of amides is 2. The summed E-state index contributed by atoms with van der Waals surface area (Å²) in [6.07, 6.45) is 4.04. The van der Waals surface area contributed by atoms with Crippen LogP contribution in [0, 0.1) is 0 Å². The van der Waals surface area contributed by atoms with Crippen LogP contribution in [0.2, 0.25) is 0 Å². The fourth-order valence-corrected chi connectivity index (χ4v) is 1.43. The summed E-state index contributed by atoms with van der Waals surface area (Å²) < 4.78 is 0. The third kappa shape index (κ3) is 2.50. The Bertz CT molecular complexity index is 310. The molecule has 86 valence electrons. The van der Waals surface area contributed by atoms with Crippen molar-refractivity contribution in [1.82, 2.24) is 14.7 Å². The van der Waals surface area contributed by atoms with Crippen molar-refractivity contribution in [2.24, 2.45) is 0 Å². The second kappa shape index (κ2) is 5.16. The third-order valence-corrected chi connectivity index (χ3v) is 2.28. The molecule has 0 aromatic carbocycles. The quantitative estimate of drug-likeness (QED) is 0.646. The molecule has 0 bridgehead atoms. The number of carbonyl (C=O) groups is 2. The first-order chi connectivity index (χ1) is 7.62. The lowest BCUT2D eigenvalue weighted by molar-refractivity contribution is -0.143. The Hall–Kier alpha value is -2.04. The zero-order valence-electron chi connectivity index (χ0n) is 9.13. The molecule has 0 radical (unpaired) electrons. The second-order valence-electron chi connectivity index (χ2n) is 3.36. The smallest absolute Gasteiger partial charge is 0.248 e. The third-order valence-electron chi connectivity index (χ3n) is 2.28. The van der Waals surface area contributed by atoms with Gasteiger partial charge in [0.15, 0.2) is 0 Å². The van der Waals surface area contributed by atoms with Gasteiger partial charge in [0.25, 0.3) is 0 Å². The number of hydrogen-bond donors (Lipinski definition) is 0. The Morgan fingerprint density at radius 3 is 1.62 bits per heavy atom. The van der Waals surface area contributed by atoms with Crippen LogP contribution in [0.3, 0.4) is 0 Å². The molecule has 5 heteroatoms. The summed E-state index contributed by atoms with van der Waals surface area (Å²) in [6, 6.07) is 0. The van der Waals surface area contributed by atoms with Gasteiger partial charge in [0, 0.05) is 0 Å². The van der Waals surface area contributed by atoms with Gasteiger partial charge in [-0.3, -0.25) is 9.59 Å². The summed E-state index contributed by atoms with van der Waals surface area (Å²) in [5.41, 5.74) is 0. The van der Waals surface area contributed by atoms with E-state index in [1.165, 1.54) is 22.0 Å². The highest BCUT2D eigenvalue weighted by atomic mass is 16.2.